The summed E-state index contributed by atoms with van der Waals surface area (Å²) in [7, 11) is -4.10. The highest BCUT2D eigenvalue weighted by Gasteiger charge is 2.17. The van der Waals surface area contributed by atoms with Gasteiger partial charge in [-0.2, -0.15) is 0 Å². The lowest BCUT2D eigenvalue weighted by Gasteiger charge is -2.09. The summed E-state index contributed by atoms with van der Waals surface area (Å²) >= 11 is 5.72. The minimum Gasteiger partial charge on any atom is -0.478 e. The van der Waals surface area contributed by atoms with E-state index in [4.69, 9.17) is 16.7 Å². The Bertz CT molecular complexity index is 811. The van der Waals surface area contributed by atoms with Gasteiger partial charge in [0.2, 0.25) is 0 Å². The Morgan fingerprint density at radius 2 is 1.95 bits per heavy atom. The van der Waals surface area contributed by atoms with Crippen LogP contribution in [0.5, 0.6) is 0 Å². The number of halogens is 2. The number of carboxylic acid groups (broad SMARTS) is 1. The van der Waals surface area contributed by atoms with Gasteiger partial charge in [0, 0.05) is 11.2 Å². The Morgan fingerprint density at radius 3 is 2.57 bits per heavy atom. The standard InChI is InChI=1S/C12H8ClFN2O4S/c13-8-1-7(12(17)18)2-10(3-8)16-21(19,20)11-4-9(14)5-15-6-11/h1-6,16H,(H,17,18). The average molecular weight is 331 g/mol. The average Bonchev–Trinajstić information content (AvgIpc) is 2.37. The van der Waals surface area contributed by atoms with Gasteiger partial charge < -0.3 is 5.11 Å². The summed E-state index contributed by atoms with van der Waals surface area (Å²) in [4.78, 5) is 13.9. The van der Waals surface area contributed by atoms with Gasteiger partial charge in [0.25, 0.3) is 10.0 Å². The van der Waals surface area contributed by atoms with Crippen LogP contribution >= 0.6 is 11.6 Å². The SMILES string of the molecule is O=C(O)c1cc(Cl)cc(NS(=O)(=O)c2cncc(F)c2)c1. The fraction of sp³-hybridized carbons (Fsp3) is 0. The first-order chi connectivity index (χ1) is 9.78. The topological polar surface area (TPSA) is 96.4 Å². The van der Waals surface area contributed by atoms with Crippen molar-refractivity contribution < 1.29 is 22.7 Å². The number of carbonyl (C=O) groups is 1. The molecule has 0 spiro atoms. The highest BCUT2D eigenvalue weighted by Crippen LogP contribution is 2.22. The number of pyridine rings is 1. The van der Waals surface area contributed by atoms with Crippen molar-refractivity contribution in [3.05, 3.63) is 53.1 Å². The van der Waals surface area contributed by atoms with E-state index in [9.17, 15) is 17.6 Å². The molecular formula is C12H8ClFN2O4S. The van der Waals surface area contributed by atoms with Crippen LogP contribution in [0.25, 0.3) is 0 Å². The molecule has 2 rings (SSSR count). The largest absolute Gasteiger partial charge is 0.478 e. The number of carboxylic acids is 1. The fourth-order valence-electron chi connectivity index (χ4n) is 1.53. The molecule has 6 nitrogen and oxygen atoms in total. The molecule has 1 heterocycles. The number of nitrogens with one attached hydrogen (secondary N) is 1. The molecule has 0 atom stereocenters. The number of hydrogen-bond acceptors (Lipinski definition) is 4. The summed E-state index contributed by atoms with van der Waals surface area (Å²) in [6, 6.07) is 4.29. The summed E-state index contributed by atoms with van der Waals surface area (Å²) in [5, 5.41) is 8.94. The number of benzene rings is 1. The Labute approximate surface area is 124 Å². The van der Waals surface area contributed by atoms with E-state index >= 15 is 0 Å². The van der Waals surface area contributed by atoms with Gasteiger partial charge in [0.05, 0.1) is 17.4 Å². The molecule has 9 heteroatoms. The van der Waals surface area contributed by atoms with E-state index in [1.807, 2.05) is 0 Å². The molecule has 0 aliphatic carbocycles. The third-order valence-corrected chi connectivity index (χ3v) is 3.95. The molecule has 0 unspecified atom stereocenters. The minimum absolute atomic E-state index is 0.0463. The molecule has 2 N–H and O–H groups in total. The maximum Gasteiger partial charge on any atom is 0.335 e. The zero-order chi connectivity index (χ0) is 15.6. The Hall–Kier alpha value is -2.19. The summed E-state index contributed by atoms with van der Waals surface area (Å²) in [6.07, 6.45) is 1.83. The number of anilines is 1. The second kappa shape index (κ2) is 5.66. The van der Waals surface area contributed by atoms with Crippen molar-refractivity contribution in [2.24, 2.45) is 0 Å². The maximum absolute atomic E-state index is 13.0. The van der Waals surface area contributed by atoms with E-state index in [1.165, 1.54) is 12.1 Å². The van der Waals surface area contributed by atoms with Crippen LogP contribution in [0.2, 0.25) is 5.02 Å². The second-order valence-electron chi connectivity index (χ2n) is 3.98. The number of sulfonamides is 1. The second-order valence-corrected chi connectivity index (χ2v) is 6.10. The Morgan fingerprint density at radius 1 is 1.24 bits per heavy atom. The number of hydrogen-bond donors (Lipinski definition) is 2. The third-order valence-electron chi connectivity index (χ3n) is 2.39. The lowest BCUT2D eigenvalue weighted by molar-refractivity contribution is 0.0697. The van der Waals surface area contributed by atoms with E-state index < -0.39 is 21.8 Å². The van der Waals surface area contributed by atoms with Crippen molar-refractivity contribution in [1.82, 2.24) is 4.98 Å². The minimum atomic E-state index is -4.10. The molecule has 0 bridgehead atoms. The molecule has 0 aliphatic heterocycles. The van der Waals surface area contributed by atoms with Crippen LogP contribution in [0, 0.1) is 5.82 Å². The quantitative estimate of drug-likeness (QED) is 0.897. The molecule has 21 heavy (non-hydrogen) atoms. The van der Waals surface area contributed by atoms with Gasteiger partial charge in [-0.3, -0.25) is 9.71 Å². The van der Waals surface area contributed by atoms with Gasteiger partial charge in [-0.1, -0.05) is 11.6 Å². The van der Waals surface area contributed by atoms with Gasteiger partial charge in [-0.05, 0) is 24.3 Å². The number of rotatable bonds is 4. The summed E-state index contributed by atoms with van der Waals surface area (Å²) in [5.41, 5.74) is -0.235. The highest BCUT2D eigenvalue weighted by molar-refractivity contribution is 7.92. The Kier molecular flexibility index (Phi) is 4.10. The predicted octanol–water partition coefficient (Wildman–Crippen LogP) is 2.37. The van der Waals surface area contributed by atoms with Gasteiger partial charge in [0.1, 0.15) is 10.7 Å². The monoisotopic (exact) mass is 330 g/mol. The van der Waals surface area contributed by atoms with E-state index in [0.717, 1.165) is 24.5 Å². The van der Waals surface area contributed by atoms with Gasteiger partial charge in [-0.25, -0.2) is 17.6 Å². The smallest absolute Gasteiger partial charge is 0.335 e. The molecule has 2 aromatic rings. The third kappa shape index (κ3) is 3.67. The van der Waals surface area contributed by atoms with E-state index in [-0.39, 0.29) is 21.2 Å². The molecule has 0 fully saturated rings. The molecular weight excluding hydrogens is 323 g/mol. The highest BCUT2D eigenvalue weighted by atomic mass is 35.5. The molecule has 0 amide bonds. The van der Waals surface area contributed by atoms with Crippen LogP contribution in [-0.2, 0) is 10.0 Å². The van der Waals surface area contributed by atoms with E-state index in [2.05, 4.69) is 9.71 Å². The summed E-state index contributed by atoms with van der Waals surface area (Å²) in [5.74, 6) is -2.07. The molecule has 110 valence electrons. The van der Waals surface area contributed by atoms with Gasteiger partial charge >= 0.3 is 5.97 Å². The van der Waals surface area contributed by atoms with Gasteiger partial charge in [0.15, 0.2) is 0 Å². The fourth-order valence-corrected chi connectivity index (χ4v) is 2.77. The van der Waals surface area contributed by atoms with Crippen LogP contribution < -0.4 is 4.72 Å². The first kappa shape index (κ1) is 15.2. The number of nitrogens with zero attached hydrogens (tertiary/aromatic N) is 1. The van der Waals surface area contributed by atoms with E-state index in [0.29, 0.717) is 0 Å². The van der Waals surface area contributed by atoms with E-state index in [1.54, 1.807) is 0 Å². The number of aromatic carboxylic acids is 1. The lowest BCUT2D eigenvalue weighted by atomic mass is 10.2. The zero-order valence-electron chi connectivity index (χ0n) is 10.2. The zero-order valence-corrected chi connectivity index (χ0v) is 11.8. The maximum atomic E-state index is 13.0. The Balaban J connectivity index is 2.39. The van der Waals surface area contributed by atoms with Gasteiger partial charge in [-0.15, -0.1) is 0 Å². The van der Waals surface area contributed by atoms with Crippen LogP contribution in [0.15, 0.2) is 41.6 Å². The molecule has 0 radical (unpaired) electrons. The molecule has 0 aliphatic rings. The van der Waals surface area contributed by atoms with Crippen LogP contribution in [0.4, 0.5) is 10.1 Å². The molecule has 1 aromatic heterocycles. The van der Waals surface area contributed by atoms with Crippen LogP contribution in [0.1, 0.15) is 10.4 Å². The molecule has 0 saturated carbocycles. The van der Waals surface area contributed by atoms with Crippen molar-refractivity contribution in [2.45, 2.75) is 4.90 Å². The van der Waals surface area contributed by atoms with Crippen molar-refractivity contribution in [3.8, 4) is 0 Å². The van der Waals surface area contributed by atoms with Crippen molar-refractivity contribution in [1.29, 1.82) is 0 Å². The normalized spacial score (nSPS) is 11.1. The van der Waals surface area contributed by atoms with Crippen molar-refractivity contribution >= 4 is 33.3 Å². The predicted molar refractivity (Wildman–Crippen MR) is 73.4 cm³/mol. The van der Waals surface area contributed by atoms with Crippen molar-refractivity contribution in [2.75, 3.05) is 4.72 Å². The number of aromatic nitrogens is 1. The lowest BCUT2D eigenvalue weighted by Crippen LogP contribution is -2.14. The van der Waals surface area contributed by atoms with Crippen LogP contribution in [-0.4, -0.2) is 24.5 Å². The first-order valence-electron chi connectivity index (χ1n) is 5.45. The first-order valence-corrected chi connectivity index (χ1v) is 7.31. The molecule has 0 saturated heterocycles. The van der Waals surface area contributed by atoms with Crippen LogP contribution in [0.3, 0.4) is 0 Å². The summed E-state index contributed by atoms with van der Waals surface area (Å²) < 4.78 is 39.2. The van der Waals surface area contributed by atoms with Crippen molar-refractivity contribution in [3.63, 3.8) is 0 Å². The summed E-state index contributed by atoms with van der Waals surface area (Å²) in [6.45, 7) is 0. The molecule has 1 aromatic carbocycles.